The van der Waals surface area contributed by atoms with Crippen molar-refractivity contribution in [3.05, 3.63) is 71.3 Å². The molecule has 4 nitrogen and oxygen atoms in total. The molecule has 1 aliphatic heterocycles. The van der Waals surface area contributed by atoms with Crippen LogP contribution < -0.4 is 5.73 Å². The third kappa shape index (κ3) is 3.96. The maximum absolute atomic E-state index is 13.0. The molecule has 0 radical (unpaired) electrons. The smallest absolute Gasteiger partial charge is 0.254 e. The highest BCUT2D eigenvalue weighted by Crippen LogP contribution is 2.27. The summed E-state index contributed by atoms with van der Waals surface area (Å²) < 4.78 is 5.79. The zero-order valence-electron chi connectivity index (χ0n) is 13.7. The number of benzene rings is 2. The van der Waals surface area contributed by atoms with E-state index in [2.05, 4.69) is 0 Å². The summed E-state index contributed by atoms with van der Waals surface area (Å²) >= 11 is 0. The van der Waals surface area contributed by atoms with Crippen LogP contribution in [-0.2, 0) is 11.3 Å². The van der Waals surface area contributed by atoms with Gasteiger partial charge >= 0.3 is 0 Å². The molecule has 1 aliphatic rings. The van der Waals surface area contributed by atoms with Gasteiger partial charge in [-0.3, -0.25) is 4.79 Å². The number of halogens is 1. The normalized spacial score (nSPS) is 20.3. The minimum absolute atomic E-state index is 0. The fourth-order valence-electron chi connectivity index (χ4n) is 2.93. The van der Waals surface area contributed by atoms with Crippen molar-refractivity contribution in [2.75, 3.05) is 13.2 Å². The SMILES string of the molecule is CC1CN(C(=O)c2ccc(CN)cc2)C(c2ccccc2)CO1.Cl. The molecule has 5 heteroatoms. The Morgan fingerprint density at radius 1 is 1.17 bits per heavy atom. The van der Waals surface area contributed by atoms with Gasteiger partial charge in [0.2, 0.25) is 0 Å². The molecular formula is C19H23ClN2O2. The first kappa shape index (κ1) is 18.5. The monoisotopic (exact) mass is 346 g/mol. The summed E-state index contributed by atoms with van der Waals surface area (Å²) in [5.74, 6) is 0.0394. The lowest BCUT2D eigenvalue weighted by atomic mass is 10.0. The predicted molar refractivity (Wildman–Crippen MR) is 97.2 cm³/mol. The van der Waals surface area contributed by atoms with Gasteiger partial charge < -0.3 is 15.4 Å². The van der Waals surface area contributed by atoms with Crippen molar-refractivity contribution in [3.8, 4) is 0 Å². The molecule has 1 saturated heterocycles. The molecule has 0 spiro atoms. The average molecular weight is 347 g/mol. The summed E-state index contributed by atoms with van der Waals surface area (Å²) in [4.78, 5) is 14.9. The summed E-state index contributed by atoms with van der Waals surface area (Å²) in [6.07, 6.45) is 0.0437. The van der Waals surface area contributed by atoms with Crippen molar-refractivity contribution in [2.24, 2.45) is 5.73 Å². The number of carbonyl (C=O) groups is 1. The Kier molecular flexibility index (Phi) is 6.37. The molecule has 128 valence electrons. The molecule has 0 saturated carbocycles. The lowest BCUT2D eigenvalue weighted by Crippen LogP contribution is -2.46. The molecule has 2 aromatic carbocycles. The van der Waals surface area contributed by atoms with Gasteiger partial charge in [0.15, 0.2) is 0 Å². The van der Waals surface area contributed by atoms with Gasteiger partial charge in [0.25, 0.3) is 5.91 Å². The average Bonchev–Trinajstić information content (AvgIpc) is 2.62. The van der Waals surface area contributed by atoms with Crippen LogP contribution in [0, 0.1) is 0 Å². The molecule has 24 heavy (non-hydrogen) atoms. The highest BCUT2D eigenvalue weighted by Gasteiger charge is 2.32. The number of amides is 1. The van der Waals surface area contributed by atoms with Crippen molar-refractivity contribution in [1.82, 2.24) is 4.90 Å². The Balaban J connectivity index is 0.00000208. The van der Waals surface area contributed by atoms with Crippen LogP contribution in [0.2, 0.25) is 0 Å². The predicted octanol–water partition coefficient (Wildman–Crippen LogP) is 3.17. The molecule has 1 fully saturated rings. The molecule has 1 amide bonds. The Labute approximate surface area is 149 Å². The molecular weight excluding hydrogens is 324 g/mol. The summed E-state index contributed by atoms with van der Waals surface area (Å²) in [6, 6.07) is 17.5. The third-order valence-corrected chi connectivity index (χ3v) is 4.25. The van der Waals surface area contributed by atoms with Gasteiger partial charge in [-0.1, -0.05) is 42.5 Å². The maximum atomic E-state index is 13.0. The first-order valence-corrected chi connectivity index (χ1v) is 7.95. The number of carbonyl (C=O) groups excluding carboxylic acids is 1. The van der Waals surface area contributed by atoms with Crippen LogP contribution in [0.1, 0.15) is 34.5 Å². The van der Waals surface area contributed by atoms with Crippen LogP contribution in [0.5, 0.6) is 0 Å². The Morgan fingerprint density at radius 3 is 2.46 bits per heavy atom. The summed E-state index contributed by atoms with van der Waals surface area (Å²) in [5.41, 5.74) is 8.44. The number of nitrogens with zero attached hydrogens (tertiary/aromatic N) is 1. The zero-order valence-corrected chi connectivity index (χ0v) is 14.5. The van der Waals surface area contributed by atoms with E-state index in [9.17, 15) is 4.79 Å². The molecule has 3 rings (SSSR count). The van der Waals surface area contributed by atoms with Gasteiger partial charge in [0, 0.05) is 18.7 Å². The molecule has 0 aromatic heterocycles. The van der Waals surface area contributed by atoms with Crippen LogP contribution in [0.15, 0.2) is 54.6 Å². The number of ether oxygens (including phenoxy) is 1. The van der Waals surface area contributed by atoms with Gasteiger partial charge in [0.05, 0.1) is 18.8 Å². The van der Waals surface area contributed by atoms with Crippen molar-refractivity contribution >= 4 is 18.3 Å². The quantitative estimate of drug-likeness (QED) is 0.928. The van der Waals surface area contributed by atoms with Crippen molar-refractivity contribution in [1.29, 1.82) is 0 Å². The van der Waals surface area contributed by atoms with E-state index in [-0.39, 0.29) is 30.5 Å². The summed E-state index contributed by atoms with van der Waals surface area (Å²) in [5, 5.41) is 0. The first-order valence-electron chi connectivity index (χ1n) is 7.95. The highest BCUT2D eigenvalue weighted by atomic mass is 35.5. The van der Waals surface area contributed by atoms with Gasteiger partial charge in [-0.05, 0) is 30.2 Å². The molecule has 1 heterocycles. The van der Waals surface area contributed by atoms with E-state index >= 15 is 0 Å². The largest absolute Gasteiger partial charge is 0.374 e. The molecule has 2 unspecified atom stereocenters. The van der Waals surface area contributed by atoms with Crippen LogP contribution >= 0.6 is 12.4 Å². The van der Waals surface area contributed by atoms with E-state index in [1.54, 1.807) is 0 Å². The summed E-state index contributed by atoms with van der Waals surface area (Å²) in [6.45, 7) is 3.60. The summed E-state index contributed by atoms with van der Waals surface area (Å²) in [7, 11) is 0. The van der Waals surface area contributed by atoms with Crippen LogP contribution in [0.3, 0.4) is 0 Å². The van der Waals surface area contributed by atoms with Gasteiger partial charge in [-0.15, -0.1) is 12.4 Å². The molecule has 2 N–H and O–H groups in total. The fraction of sp³-hybridized carbons (Fsp3) is 0.316. The molecule has 0 aliphatic carbocycles. The number of nitrogens with two attached hydrogens (primary N) is 1. The second-order valence-corrected chi connectivity index (χ2v) is 5.93. The van der Waals surface area contributed by atoms with Crippen LogP contribution in [-0.4, -0.2) is 30.1 Å². The fourth-order valence-corrected chi connectivity index (χ4v) is 2.93. The van der Waals surface area contributed by atoms with Gasteiger partial charge in [0.1, 0.15) is 0 Å². The van der Waals surface area contributed by atoms with E-state index in [1.807, 2.05) is 66.4 Å². The Hall–Kier alpha value is -1.88. The number of morpholine rings is 1. The van der Waals surface area contributed by atoms with Gasteiger partial charge in [-0.25, -0.2) is 0 Å². The number of hydrogen-bond donors (Lipinski definition) is 1. The minimum atomic E-state index is -0.0471. The molecule has 2 atom stereocenters. The Bertz CT molecular complexity index is 661. The lowest BCUT2D eigenvalue weighted by molar-refractivity contribution is -0.0447. The topological polar surface area (TPSA) is 55.6 Å². The second kappa shape index (κ2) is 8.29. The molecule has 0 bridgehead atoms. The van der Waals surface area contributed by atoms with Crippen molar-refractivity contribution in [3.63, 3.8) is 0 Å². The van der Waals surface area contributed by atoms with E-state index in [0.717, 1.165) is 11.1 Å². The van der Waals surface area contributed by atoms with Crippen LogP contribution in [0.4, 0.5) is 0 Å². The minimum Gasteiger partial charge on any atom is -0.374 e. The van der Waals surface area contributed by atoms with Crippen molar-refractivity contribution < 1.29 is 9.53 Å². The Morgan fingerprint density at radius 2 is 1.83 bits per heavy atom. The second-order valence-electron chi connectivity index (χ2n) is 5.93. The lowest BCUT2D eigenvalue weighted by Gasteiger charge is -2.39. The van der Waals surface area contributed by atoms with E-state index in [4.69, 9.17) is 10.5 Å². The zero-order chi connectivity index (χ0) is 16.2. The van der Waals surface area contributed by atoms with E-state index < -0.39 is 0 Å². The number of rotatable bonds is 3. The third-order valence-electron chi connectivity index (χ3n) is 4.25. The van der Waals surface area contributed by atoms with E-state index in [1.165, 1.54) is 0 Å². The highest BCUT2D eigenvalue weighted by molar-refractivity contribution is 5.94. The first-order chi connectivity index (χ1) is 11.2. The molecule has 2 aromatic rings. The van der Waals surface area contributed by atoms with Crippen molar-refractivity contribution in [2.45, 2.75) is 25.6 Å². The van der Waals surface area contributed by atoms with Crippen LogP contribution in [0.25, 0.3) is 0 Å². The standard InChI is InChI=1S/C19H22N2O2.ClH/c1-14-12-21(18(13-23-14)16-5-3-2-4-6-16)19(22)17-9-7-15(11-20)8-10-17;/h2-10,14,18H,11-13,20H2,1H3;1H. The van der Waals surface area contributed by atoms with Gasteiger partial charge in [-0.2, -0.15) is 0 Å². The maximum Gasteiger partial charge on any atom is 0.254 e. The van der Waals surface area contributed by atoms with E-state index in [0.29, 0.717) is 25.3 Å². The number of hydrogen-bond acceptors (Lipinski definition) is 3.